The minimum absolute atomic E-state index is 0.0602. The maximum Gasteiger partial charge on any atom is 0.266 e. The van der Waals surface area contributed by atoms with Crippen LogP contribution in [0.1, 0.15) is 26.7 Å². The van der Waals surface area contributed by atoms with Gasteiger partial charge in [0.25, 0.3) is 6.48 Å². The second-order valence-electron chi connectivity index (χ2n) is 2.06. The number of aliphatic hydroxyl groups excluding tert-OH is 1. The van der Waals surface area contributed by atoms with Gasteiger partial charge in [0, 0.05) is 0 Å². The molecule has 0 aromatic carbocycles. The molecule has 0 radical (unpaired) electrons. The van der Waals surface area contributed by atoms with Crippen LogP contribution in [0.15, 0.2) is 0 Å². The summed E-state index contributed by atoms with van der Waals surface area (Å²) in [6.45, 7) is 2.21. The molecule has 56 valence electrons. The van der Waals surface area contributed by atoms with Crippen molar-refractivity contribution in [2.45, 2.75) is 39.3 Å². The van der Waals surface area contributed by atoms with Crippen LogP contribution < -0.4 is 0 Å². The predicted molar refractivity (Wildman–Crippen MR) is 33.7 cm³/mol. The fraction of sp³-hybridized carbons (Fsp3) is 1.00. The van der Waals surface area contributed by atoms with Crippen molar-refractivity contribution in [3.63, 3.8) is 0 Å². The van der Waals surface area contributed by atoms with Crippen LogP contribution in [-0.2, 0) is 4.74 Å². The topological polar surface area (TPSA) is 49.7 Å². The summed E-state index contributed by atoms with van der Waals surface area (Å²) in [5.41, 5.74) is 0. The van der Waals surface area contributed by atoms with Crippen molar-refractivity contribution in [2.75, 3.05) is 0 Å². The minimum Gasteiger partial charge on any atom is -0.346 e. The van der Waals surface area contributed by atoms with E-state index in [9.17, 15) is 0 Å². The maximum absolute atomic E-state index is 8.28. The van der Waals surface area contributed by atoms with Gasteiger partial charge in [-0.1, -0.05) is 13.3 Å². The van der Waals surface area contributed by atoms with Gasteiger partial charge < -0.3 is 14.9 Å². The lowest BCUT2D eigenvalue weighted by Crippen LogP contribution is -2.18. The second kappa shape index (κ2) is 4.73. The van der Waals surface area contributed by atoms with E-state index in [4.69, 9.17) is 10.2 Å². The molecule has 9 heavy (non-hydrogen) atoms. The predicted octanol–water partition coefficient (Wildman–Crippen LogP) is 0.460. The highest BCUT2D eigenvalue weighted by Crippen LogP contribution is 2.01. The Morgan fingerprint density at radius 2 is 2.00 bits per heavy atom. The third-order valence-electron chi connectivity index (χ3n) is 1.05. The first-order valence-electron chi connectivity index (χ1n) is 3.18. The van der Waals surface area contributed by atoms with Crippen LogP contribution in [0.5, 0.6) is 0 Å². The molecule has 0 fully saturated rings. The van der Waals surface area contributed by atoms with E-state index in [1.54, 1.807) is 0 Å². The van der Waals surface area contributed by atoms with Crippen molar-refractivity contribution in [1.82, 2.24) is 0 Å². The first-order chi connectivity index (χ1) is 4.16. The summed E-state index contributed by atoms with van der Waals surface area (Å²) < 4.78 is 4.60. The Morgan fingerprint density at radius 1 is 1.44 bits per heavy atom. The number of aliphatic hydroxyl groups is 2. The number of hydrogen-bond donors (Lipinski definition) is 2. The molecule has 0 aliphatic rings. The molecule has 1 unspecified atom stereocenters. The summed E-state index contributed by atoms with van der Waals surface area (Å²) in [4.78, 5) is 0. The van der Waals surface area contributed by atoms with E-state index in [0.717, 1.165) is 12.8 Å². The molecule has 0 aliphatic heterocycles. The lowest BCUT2D eigenvalue weighted by atomic mass is 10.2. The van der Waals surface area contributed by atoms with E-state index in [1.807, 2.05) is 13.8 Å². The number of hydrogen-bond acceptors (Lipinski definition) is 3. The standard InChI is InChI=1S/C6H14O3/c1-3-4-5(2)9-6(7)8/h5-8H,3-4H2,1-2H3. The fourth-order valence-electron chi connectivity index (χ4n) is 0.682. The van der Waals surface area contributed by atoms with Crippen LogP contribution in [0.3, 0.4) is 0 Å². The molecule has 0 heterocycles. The van der Waals surface area contributed by atoms with Crippen molar-refractivity contribution >= 4 is 0 Å². The average molecular weight is 134 g/mol. The number of rotatable bonds is 4. The van der Waals surface area contributed by atoms with E-state index in [2.05, 4.69) is 4.74 Å². The quantitative estimate of drug-likeness (QED) is 0.549. The van der Waals surface area contributed by atoms with Gasteiger partial charge >= 0.3 is 0 Å². The smallest absolute Gasteiger partial charge is 0.266 e. The molecule has 0 saturated carbocycles. The molecule has 3 nitrogen and oxygen atoms in total. The highest BCUT2D eigenvalue weighted by molar-refractivity contribution is 4.45. The lowest BCUT2D eigenvalue weighted by molar-refractivity contribution is -0.253. The summed E-state index contributed by atoms with van der Waals surface area (Å²) in [7, 11) is 0. The molecule has 2 N–H and O–H groups in total. The Balaban J connectivity index is 3.15. The van der Waals surface area contributed by atoms with Crippen molar-refractivity contribution < 1.29 is 14.9 Å². The molecular weight excluding hydrogens is 120 g/mol. The summed E-state index contributed by atoms with van der Waals surface area (Å²) in [6, 6.07) is 0. The molecule has 0 saturated heterocycles. The van der Waals surface area contributed by atoms with Crippen molar-refractivity contribution in [1.29, 1.82) is 0 Å². The van der Waals surface area contributed by atoms with Crippen LogP contribution in [0.2, 0.25) is 0 Å². The van der Waals surface area contributed by atoms with Gasteiger partial charge in [0.15, 0.2) is 0 Å². The van der Waals surface area contributed by atoms with Crippen LogP contribution in [-0.4, -0.2) is 22.8 Å². The van der Waals surface area contributed by atoms with E-state index in [0.29, 0.717) is 0 Å². The SMILES string of the molecule is CCCC(C)OC(O)O. The largest absolute Gasteiger partial charge is 0.346 e. The Labute approximate surface area is 55.3 Å². The summed E-state index contributed by atoms with van der Waals surface area (Å²) in [6.07, 6.45) is 1.79. The molecule has 1 atom stereocenters. The zero-order valence-electron chi connectivity index (χ0n) is 5.87. The van der Waals surface area contributed by atoms with Crippen molar-refractivity contribution in [3.8, 4) is 0 Å². The molecule has 0 amide bonds. The first-order valence-corrected chi connectivity index (χ1v) is 3.18. The first kappa shape index (κ1) is 8.88. The van der Waals surface area contributed by atoms with E-state index < -0.39 is 6.48 Å². The summed E-state index contributed by atoms with van der Waals surface area (Å²) in [5.74, 6) is 0. The van der Waals surface area contributed by atoms with Gasteiger partial charge in [-0.05, 0) is 13.3 Å². The Hall–Kier alpha value is -0.120. The van der Waals surface area contributed by atoms with Crippen LogP contribution in [0, 0.1) is 0 Å². The van der Waals surface area contributed by atoms with E-state index in [-0.39, 0.29) is 6.10 Å². The Morgan fingerprint density at radius 3 is 2.33 bits per heavy atom. The molecule has 0 spiro atoms. The third kappa shape index (κ3) is 5.76. The highest BCUT2D eigenvalue weighted by Gasteiger charge is 2.03. The van der Waals surface area contributed by atoms with Crippen molar-refractivity contribution in [3.05, 3.63) is 0 Å². The zero-order valence-corrected chi connectivity index (χ0v) is 5.87. The van der Waals surface area contributed by atoms with Crippen LogP contribution in [0.4, 0.5) is 0 Å². The molecule has 0 rings (SSSR count). The normalized spacial score (nSPS) is 14.3. The monoisotopic (exact) mass is 134 g/mol. The van der Waals surface area contributed by atoms with Gasteiger partial charge in [-0.2, -0.15) is 0 Å². The molecule has 0 aromatic heterocycles. The molecular formula is C6H14O3. The van der Waals surface area contributed by atoms with Crippen LogP contribution in [0.25, 0.3) is 0 Å². The van der Waals surface area contributed by atoms with Gasteiger partial charge in [0.05, 0.1) is 6.10 Å². The second-order valence-corrected chi connectivity index (χ2v) is 2.06. The zero-order chi connectivity index (χ0) is 7.28. The third-order valence-corrected chi connectivity index (χ3v) is 1.05. The number of ether oxygens (including phenoxy) is 1. The van der Waals surface area contributed by atoms with E-state index in [1.165, 1.54) is 0 Å². The Kier molecular flexibility index (Phi) is 4.67. The van der Waals surface area contributed by atoms with E-state index >= 15 is 0 Å². The molecule has 0 aliphatic carbocycles. The highest BCUT2D eigenvalue weighted by atomic mass is 16.7. The van der Waals surface area contributed by atoms with Gasteiger partial charge in [-0.15, -0.1) is 0 Å². The summed E-state index contributed by atoms with van der Waals surface area (Å²) >= 11 is 0. The van der Waals surface area contributed by atoms with Gasteiger partial charge in [0.1, 0.15) is 0 Å². The minimum atomic E-state index is -1.62. The molecule has 0 aromatic rings. The fourth-order valence-corrected chi connectivity index (χ4v) is 0.682. The molecule has 0 bridgehead atoms. The van der Waals surface area contributed by atoms with Crippen molar-refractivity contribution in [2.24, 2.45) is 0 Å². The van der Waals surface area contributed by atoms with Gasteiger partial charge in [0.2, 0.25) is 0 Å². The maximum atomic E-state index is 8.28. The van der Waals surface area contributed by atoms with Gasteiger partial charge in [-0.25, -0.2) is 0 Å². The lowest BCUT2D eigenvalue weighted by Gasteiger charge is -2.12. The van der Waals surface area contributed by atoms with Gasteiger partial charge in [-0.3, -0.25) is 0 Å². The summed E-state index contributed by atoms with van der Waals surface area (Å²) in [5, 5.41) is 16.6. The molecule has 3 heteroatoms. The van der Waals surface area contributed by atoms with Crippen LogP contribution >= 0.6 is 0 Å². The Bertz CT molecular complexity index is 63.3. The average Bonchev–Trinajstić information content (AvgIpc) is 1.63.